The van der Waals surface area contributed by atoms with Crippen LogP contribution in [-0.2, 0) is 9.84 Å². The van der Waals surface area contributed by atoms with Gasteiger partial charge in [-0.05, 0) is 48.5 Å². The molecule has 0 aliphatic rings. The summed E-state index contributed by atoms with van der Waals surface area (Å²) in [5.74, 6) is 0.652. The molecule has 0 saturated carbocycles. The molecule has 118 valence electrons. The van der Waals surface area contributed by atoms with Gasteiger partial charge in [-0.2, -0.15) is 0 Å². The maximum absolute atomic E-state index is 11.6. The van der Waals surface area contributed by atoms with E-state index in [2.05, 4.69) is 4.98 Å². The van der Waals surface area contributed by atoms with Crippen LogP contribution in [0.2, 0.25) is 10.2 Å². The smallest absolute Gasteiger partial charge is 0.175 e. The molecular weight excluding hydrogens is 355 g/mol. The number of halogens is 2. The minimum atomic E-state index is -3.23. The molecule has 0 atom stereocenters. The molecule has 7 heteroatoms. The summed E-state index contributed by atoms with van der Waals surface area (Å²) in [6.45, 7) is 0. The minimum absolute atomic E-state index is 0.264. The van der Waals surface area contributed by atoms with Gasteiger partial charge in [-0.3, -0.25) is 4.57 Å². The van der Waals surface area contributed by atoms with E-state index in [1.54, 1.807) is 47.2 Å². The lowest BCUT2D eigenvalue weighted by Crippen LogP contribution is -1.99. The molecule has 0 fully saturated rings. The molecule has 3 aromatic rings. The summed E-state index contributed by atoms with van der Waals surface area (Å²) in [5, 5.41) is 0.984. The molecule has 2 aromatic carbocycles. The van der Waals surface area contributed by atoms with Gasteiger partial charge in [-0.1, -0.05) is 23.2 Å². The lowest BCUT2D eigenvalue weighted by Gasteiger charge is -2.08. The molecule has 1 aromatic heterocycles. The number of hydrogen-bond acceptors (Lipinski definition) is 3. The SMILES string of the molecule is CS(=O)(=O)c1ccc(-n2cc(Cl)nc2-c2ccc(Cl)cc2)cc1. The largest absolute Gasteiger partial charge is 0.298 e. The van der Waals surface area contributed by atoms with Crippen molar-refractivity contribution in [3.05, 3.63) is 64.9 Å². The zero-order chi connectivity index (χ0) is 16.6. The van der Waals surface area contributed by atoms with Crippen molar-refractivity contribution in [2.45, 2.75) is 4.90 Å². The first-order valence-electron chi connectivity index (χ1n) is 6.66. The topological polar surface area (TPSA) is 52.0 Å². The number of aromatic nitrogens is 2. The fourth-order valence-electron chi connectivity index (χ4n) is 2.20. The van der Waals surface area contributed by atoms with Crippen LogP contribution in [0.15, 0.2) is 59.6 Å². The van der Waals surface area contributed by atoms with Gasteiger partial charge >= 0.3 is 0 Å². The Morgan fingerprint density at radius 2 is 1.57 bits per heavy atom. The zero-order valence-corrected chi connectivity index (χ0v) is 14.4. The van der Waals surface area contributed by atoms with Crippen molar-refractivity contribution in [2.24, 2.45) is 0 Å². The summed E-state index contributed by atoms with van der Waals surface area (Å²) in [6, 6.07) is 13.8. The molecule has 0 spiro atoms. The van der Waals surface area contributed by atoms with Crippen LogP contribution < -0.4 is 0 Å². The molecule has 0 aliphatic carbocycles. The summed E-state index contributed by atoms with van der Waals surface area (Å²) in [5.41, 5.74) is 1.62. The van der Waals surface area contributed by atoms with Gasteiger partial charge in [-0.25, -0.2) is 13.4 Å². The third kappa shape index (κ3) is 3.42. The van der Waals surface area contributed by atoms with Crippen LogP contribution in [0.1, 0.15) is 0 Å². The van der Waals surface area contributed by atoms with E-state index in [4.69, 9.17) is 23.2 Å². The zero-order valence-electron chi connectivity index (χ0n) is 12.1. The van der Waals surface area contributed by atoms with Crippen molar-refractivity contribution in [3.8, 4) is 17.1 Å². The average Bonchev–Trinajstić information content (AvgIpc) is 2.89. The second-order valence-electron chi connectivity index (χ2n) is 5.03. The van der Waals surface area contributed by atoms with Crippen molar-refractivity contribution in [1.82, 2.24) is 9.55 Å². The van der Waals surface area contributed by atoms with E-state index in [1.807, 2.05) is 12.1 Å². The second-order valence-corrected chi connectivity index (χ2v) is 7.87. The highest BCUT2D eigenvalue weighted by atomic mass is 35.5. The van der Waals surface area contributed by atoms with Crippen LogP contribution in [0.3, 0.4) is 0 Å². The second kappa shape index (κ2) is 6.00. The molecule has 3 rings (SSSR count). The van der Waals surface area contributed by atoms with E-state index < -0.39 is 9.84 Å². The number of sulfone groups is 1. The molecule has 0 N–H and O–H groups in total. The highest BCUT2D eigenvalue weighted by Crippen LogP contribution is 2.26. The van der Waals surface area contributed by atoms with Crippen molar-refractivity contribution in [1.29, 1.82) is 0 Å². The average molecular weight is 367 g/mol. The van der Waals surface area contributed by atoms with E-state index in [9.17, 15) is 8.42 Å². The van der Waals surface area contributed by atoms with Crippen molar-refractivity contribution >= 4 is 33.0 Å². The molecule has 4 nitrogen and oxygen atoms in total. The van der Waals surface area contributed by atoms with Gasteiger partial charge in [0, 0.05) is 28.7 Å². The molecular formula is C16H12Cl2N2O2S. The van der Waals surface area contributed by atoms with Gasteiger partial charge in [0.2, 0.25) is 0 Å². The van der Waals surface area contributed by atoms with E-state index in [-0.39, 0.29) is 4.90 Å². The van der Waals surface area contributed by atoms with Crippen LogP contribution >= 0.6 is 23.2 Å². The molecule has 0 saturated heterocycles. The van der Waals surface area contributed by atoms with Gasteiger partial charge in [0.25, 0.3) is 0 Å². The summed E-state index contributed by atoms with van der Waals surface area (Å²) >= 11 is 12.0. The molecule has 23 heavy (non-hydrogen) atoms. The molecule has 0 radical (unpaired) electrons. The van der Waals surface area contributed by atoms with Crippen LogP contribution in [0.25, 0.3) is 17.1 Å². The summed E-state index contributed by atoms with van der Waals surface area (Å²) in [7, 11) is -3.23. The lowest BCUT2D eigenvalue weighted by atomic mass is 10.2. The van der Waals surface area contributed by atoms with Crippen molar-refractivity contribution in [2.75, 3.05) is 6.26 Å². The van der Waals surface area contributed by atoms with E-state index >= 15 is 0 Å². The van der Waals surface area contributed by atoms with Gasteiger partial charge in [0.15, 0.2) is 9.84 Å². The predicted octanol–water partition coefficient (Wildman–Crippen LogP) is 4.25. The summed E-state index contributed by atoms with van der Waals surface area (Å²) in [6.07, 6.45) is 2.86. The van der Waals surface area contributed by atoms with Crippen molar-refractivity contribution in [3.63, 3.8) is 0 Å². The van der Waals surface area contributed by atoms with Gasteiger partial charge in [0.1, 0.15) is 11.0 Å². The molecule has 0 aliphatic heterocycles. The van der Waals surface area contributed by atoms with Gasteiger partial charge in [0.05, 0.1) is 4.90 Å². The van der Waals surface area contributed by atoms with Gasteiger partial charge in [-0.15, -0.1) is 0 Å². The fraction of sp³-hybridized carbons (Fsp3) is 0.0625. The van der Waals surface area contributed by atoms with Crippen LogP contribution in [0.5, 0.6) is 0 Å². The fourth-order valence-corrected chi connectivity index (χ4v) is 3.14. The molecule has 0 bridgehead atoms. The minimum Gasteiger partial charge on any atom is -0.298 e. The third-order valence-corrected chi connectivity index (χ3v) is 4.88. The van der Waals surface area contributed by atoms with Crippen LogP contribution in [-0.4, -0.2) is 24.2 Å². The summed E-state index contributed by atoms with van der Waals surface area (Å²) in [4.78, 5) is 4.59. The Bertz CT molecular complexity index is 947. The predicted molar refractivity (Wildman–Crippen MR) is 92.1 cm³/mol. The Morgan fingerprint density at radius 1 is 0.957 bits per heavy atom. The quantitative estimate of drug-likeness (QED) is 0.696. The molecule has 0 unspecified atom stereocenters. The Hall–Kier alpha value is -1.82. The number of hydrogen-bond donors (Lipinski definition) is 0. The molecule has 0 amide bonds. The first kappa shape index (κ1) is 16.1. The highest BCUT2D eigenvalue weighted by molar-refractivity contribution is 7.90. The van der Waals surface area contributed by atoms with E-state index in [0.717, 1.165) is 11.3 Å². The third-order valence-electron chi connectivity index (χ3n) is 3.32. The highest BCUT2D eigenvalue weighted by Gasteiger charge is 2.12. The Morgan fingerprint density at radius 3 is 2.13 bits per heavy atom. The number of nitrogens with zero attached hydrogens (tertiary/aromatic N) is 2. The van der Waals surface area contributed by atoms with Crippen LogP contribution in [0.4, 0.5) is 0 Å². The van der Waals surface area contributed by atoms with E-state index in [0.29, 0.717) is 16.0 Å². The molecule has 1 heterocycles. The first-order valence-corrected chi connectivity index (χ1v) is 9.31. The first-order chi connectivity index (χ1) is 10.8. The van der Waals surface area contributed by atoms with Crippen molar-refractivity contribution < 1.29 is 8.42 Å². The Kier molecular flexibility index (Phi) is 4.19. The standard InChI is InChI=1S/C16H12Cl2N2O2S/c1-23(21,22)14-8-6-13(7-9-14)20-10-15(18)19-16(20)11-2-4-12(17)5-3-11/h2-10H,1H3. The number of rotatable bonds is 3. The van der Waals surface area contributed by atoms with Gasteiger partial charge < -0.3 is 0 Å². The Labute approximate surface area is 144 Å². The summed E-state index contributed by atoms with van der Waals surface area (Å²) < 4.78 is 24.9. The maximum Gasteiger partial charge on any atom is 0.175 e. The maximum atomic E-state index is 11.6. The Balaban J connectivity index is 2.09. The number of benzene rings is 2. The van der Waals surface area contributed by atoms with E-state index in [1.165, 1.54) is 6.26 Å². The monoisotopic (exact) mass is 366 g/mol. The number of imidazole rings is 1. The van der Waals surface area contributed by atoms with Crippen LogP contribution in [0, 0.1) is 0 Å². The lowest BCUT2D eigenvalue weighted by molar-refractivity contribution is 0.602. The normalized spacial score (nSPS) is 11.6.